The molecule has 0 bridgehead atoms. The van der Waals surface area contributed by atoms with Crippen molar-refractivity contribution in [3.63, 3.8) is 0 Å². The zero-order valence-electron chi connectivity index (χ0n) is 12.0. The van der Waals surface area contributed by atoms with E-state index in [9.17, 15) is 13.2 Å². The molecule has 0 saturated heterocycles. The number of fused-ring (bicyclic) bond motifs is 1. The minimum atomic E-state index is -3.34. The van der Waals surface area contributed by atoms with Crippen LogP contribution >= 0.6 is 0 Å². The molecule has 114 valence electrons. The largest absolute Gasteiger partial charge is 0.367 e. The van der Waals surface area contributed by atoms with Gasteiger partial charge >= 0.3 is 0 Å². The molecule has 1 heterocycles. The maximum atomic E-state index is 12.0. The van der Waals surface area contributed by atoms with Gasteiger partial charge in [0.1, 0.15) is 6.10 Å². The fraction of sp³-hybridized carbons (Fsp3) is 0.400. The zero-order valence-corrected chi connectivity index (χ0v) is 12.8. The summed E-state index contributed by atoms with van der Waals surface area (Å²) in [5.74, 6) is -0.421. The highest BCUT2D eigenvalue weighted by Crippen LogP contribution is 2.30. The number of hydrogen-bond donors (Lipinski definition) is 0. The van der Waals surface area contributed by atoms with Gasteiger partial charge in [-0.2, -0.15) is 0 Å². The van der Waals surface area contributed by atoms with Gasteiger partial charge in [-0.15, -0.1) is 0 Å². The second-order valence-corrected chi connectivity index (χ2v) is 7.12. The van der Waals surface area contributed by atoms with Crippen LogP contribution in [0.1, 0.15) is 23.7 Å². The van der Waals surface area contributed by atoms with E-state index in [0.717, 1.165) is 16.5 Å². The molecule has 2 rings (SSSR count). The molecule has 1 atom stereocenters. The summed E-state index contributed by atoms with van der Waals surface area (Å²) in [5.41, 5.74) is 2.23. The number of likely N-dealkylation sites (N-methyl/N-ethyl adjacent to an activating group) is 1. The lowest BCUT2D eigenvalue weighted by Crippen LogP contribution is -2.32. The lowest BCUT2D eigenvalue weighted by Gasteiger charge is -2.21. The van der Waals surface area contributed by atoms with Gasteiger partial charge in [-0.1, -0.05) is 30.8 Å². The smallest absolute Gasteiger partial charge is 0.223 e. The molecule has 6 heteroatoms. The Morgan fingerprint density at radius 1 is 1.48 bits per heavy atom. The fourth-order valence-corrected chi connectivity index (χ4v) is 2.89. The van der Waals surface area contributed by atoms with Gasteiger partial charge in [-0.3, -0.25) is 4.79 Å². The average molecular weight is 309 g/mol. The summed E-state index contributed by atoms with van der Waals surface area (Å²) in [6.45, 7) is 4.20. The molecule has 0 saturated carbocycles. The SMILES string of the molecule is C=CS(=O)(=O)CCC(=O)N(C)CC1OCc2ccccc21. The van der Waals surface area contributed by atoms with E-state index in [1.165, 1.54) is 4.90 Å². The van der Waals surface area contributed by atoms with Gasteiger partial charge in [0.15, 0.2) is 9.84 Å². The van der Waals surface area contributed by atoms with Crippen molar-refractivity contribution in [1.29, 1.82) is 0 Å². The number of benzene rings is 1. The van der Waals surface area contributed by atoms with Crippen LogP contribution in [0, 0.1) is 0 Å². The second kappa shape index (κ2) is 6.41. The van der Waals surface area contributed by atoms with Crippen molar-refractivity contribution in [3.8, 4) is 0 Å². The number of amides is 1. The predicted octanol–water partition coefficient (Wildman–Crippen LogP) is 1.66. The number of carbonyl (C=O) groups excluding carboxylic acids is 1. The summed E-state index contributed by atoms with van der Waals surface area (Å²) in [4.78, 5) is 13.5. The highest BCUT2D eigenvalue weighted by molar-refractivity contribution is 7.94. The molecule has 1 aromatic carbocycles. The quantitative estimate of drug-likeness (QED) is 0.802. The van der Waals surface area contributed by atoms with Crippen LogP contribution in [0.2, 0.25) is 0 Å². The van der Waals surface area contributed by atoms with E-state index >= 15 is 0 Å². The van der Waals surface area contributed by atoms with Crippen LogP contribution < -0.4 is 0 Å². The number of ether oxygens (including phenoxy) is 1. The number of hydrogen-bond acceptors (Lipinski definition) is 4. The van der Waals surface area contributed by atoms with Crippen LogP contribution in [-0.4, -0.2) is 38.6 Å². The highest BCUT2D eigenvalue weighted by Gasteiger charge is 2.25. The van der Waals surface area contributed by atoms with Crippen molar-refractivity contribution in [1.82, 2.24) is 4.90 Å². The Hall–Kier alpha value is -1.66. The molecule has 0 N–H and O–H groups in total. The first-order valence-corrected chi connectivity index (χ1v) is 8.43. The standard InChI is InChI=1S/C15H19NO4S/c1-3-21(18,19)9-8-15(17)16(2)10-14-13-7-5-4-6-12(13)11-20-14/h3-7,14H,1,8-11H2,2H3. The molecule has 21 heavy (non-hydrogen) atoms. The Morgan fingerprint density at radius 3 is 2.90 bits per heavy atom. The van der Waals surface area contributed by atoms with Crippen molar-refractivity contribution >= 4 is 15.7 Å². The third-order valence-corrected chi connectivity index (χ3v) is 4.84. The molecule has 1 amide bonds. The Morgan fingerprint density at radius 2 is 2.19 bits per heavy atom. The van der Waals surface area contributed by atoms with Gasteiger partial charge in [0, 0.05) is 18.9 Å². The molecule has 0 fully saturated rings. The van der Waals surface area contributed by atoms with E-state index in [1.54, 1.807) is 7.05 Å². The first-order valence-electron chi connectivity index (χ1n) is 6.71. The molecule has 0 spiro atoms. The summed E-state index contributed by atoms with van der Waals surface area (Å²) in [6, 6.07) is 7.90. The van der Waals surface area contributed by atoms with Gasteiger partial charge < -0.3 is 9.64 Å². The van der Waals surface area contributed by atoms with E-state index in [-0.39, 0.29) is 24.2 Å². The van der Waals surface area contributed by atoms with E-state index in [0.29, 0.717) is 13.2 Å². The normalized spacial score (nSPS) is 17.3. The topological polar surface area (TPSA) is 63.7 Å². The van der Waals surface area contributed by atoms with Crippen molar-refractivity contribution in [2.24, 2.45) is 0 Å². The summed E-state index contributed by atoms with van der Waals surface area (Å²) in [7, 11) is -1.68. The van der Waals surface area contributed by atoms with Gasteiger partial charge in [-0.25, -0.2) is 8.42 Å². The summed E-state index contributed by atoms with van der Waals surface area (Å²) in [5, 5.41) is 0.886. The predicted molar refractivity (Wildman–Crippen MR) is 80.2 cm³/mol. The fourth-order valence-electron chi connectivity index (χ4n) is 2.27. The molecule has 0 aliphatic carbocycles. The Balaban J connectivity index is 1.92. The maximum absolute atomic E-state index is 12.0. The summed E-state index contributed by atoms with van der Waals surface area (Å²) >= 11 is 0. The van der Waals surface area contributed by atoms with E-state index in [4.69, 9.17) is 4.74 Å². The first-order chi connectivity index (χ1) is 9.93. The lowest BCUT2D eigenvalue weighted by molar-refractivity contribution is -0.131. The van der Waals surface area contributed by atoms with Crippen molar-refractivity contribution in [2.75, 3.05) is 19.3 Å². The van der Waals surface area contributed by atoms with E-state index < -0.39 is 9.84 Å². The highest BCUT2D eigenvalue weighted by atomic mass is 32.2. The third kappa shape index (κ3) is 3.92. The van der Waals surface area contributed by atoms with Crippen LogP contribution in [-0.2, 0) is 26.0 Å². The van der Waals surface area contributed by atoms with E-state index in [1.807, 2.05) is 24.3 Å². The molecule has 1 aliphatic heterocycles. The minimum Gasteiger partial charge on any atom is -0.367 e. The molecule has 5 nitrogen and oxygen atoms in total. The number of rotatable bonds is 6. The van der Waals surface area contributed by atoms with Crippen molar-refractivity contribution in [2.45, 2.75) is 19.1 Å². The van der Waals surface area contributed by atoms with Gasteiger partial charge in [-0.05, 0) is 11.1 Å². The number of carbonyl (C=O) groups is 1. The summed E-state index contributed by atoms with van der Waals surface area (Å²) < 4.78 is 28.3. The van der Waals surface area contributed by atoms with Gasteiger partial charge in [0.05, 0.1) is 18.9 Å². The number of sulfone groups is 1. The van der Waals surface area contributed by atoms with Gasteiger partial charge in [0.25, 0.3) is 0 Å². The lowest BCUT2D eigenvalue weighted by atomic mass is 10.1. The maximum Gasteiger partial charge on any atom is 0.223 e. The van der Waals surface area contributed by atoms with Crippen molar-refractivity contribution in [3.05, 3.63) is 47.4 Å². The van der Waals surface area contributed by atoms with Crippen LogP contribution in [0.3, 0.4) is 0 Å². The van der Waals surface area contributed by atoms with Crippen molar-refractivity contribution < 1.29 is 17.9 Å². The van der Waals surface area contributed by atoms with Gasteiger partial charge in [0.2, 0.25) is 5.91 Å². The van der Waals surface area contributed by atoms with Crippen LogP contribution in [0.25, 0.3) is 0 Å². The second-order valence-electron chi connectivity index (χ2n) is 5.06. The molecular weight excluding hydrogens is 290 g/mol. The molecule has 0 radical (unpaired) electrons. The minimum absolute atomic E-state index is 0.0424. The molecule has 1 unspecified atom stereocenters. The summed E-state index contributed by atoms with van der Waals surface area (Å²) in [6.07, 6.45) is -0.190. The molecule has 1 aliphatic rings. The van der Waals surface area contributed by atoms with Crippen LogP contribution in [0.5, 0.6) is 0 Å². The first kappa shape index (κ1) is 15.7. The van der Waals surface area contributed by atoms with E-state index in [2.05, 4.69) is 6.58 Å². The monoisotopic (exact) mass is 309 g/mol. The molecular formula is C15H19NO4S. The van der Waals surface area contributed by atoms with Crippen LogP contribution in [0.4, 0.5) is 0 Å². The molecule has 0 aromatic heterocycles. The van der Waals surface area contributed by atoms with Crippen LogP contribution in [0.15, 0.2) is 36.3 Å². The Kier molecular flexibility index (Phi) is 4.80. The zero-order chi connectivity index (χ0) is 15.5. The number of nitrogens with zero attached hydrogens (tertiary/aromatic N) is 1. The third-order valence-electron chi connectivity index (χ3n) is 3.56. The Bertz CT molecular complexity index is 639. The Labute approximate surface area is 125 Å². The molecule has 1 aromatic rings. The average Bonchev–Trinajstić information content (AvgIpc) is 2.88.